The summed E-state index contributed by atoms with van der Waals surface area (Å²) in [5.74, 6) is 1.42. The van der Waals surface area contributed by atoms with Crippen LogP contribution in [-0.4, -0.2) is 26.2 Å². The van der Waals surface area contributed by atoms with Gasteiger partial charge in [0, 0.05) is 5.69 Å². The van der Waals surface area contributed by atoms with E-state index in [-0.39, 0.29) is 12.0 Å². The first-order valence-corrected chi connectivity index (χ1v) is 7.34. The SMILES string of the molecule is COc1cccc(C(=O)Nc2ccc(OC(C)C)cc2)c1OC. The maximum Gasteiger partial charge on any atom is 0.259 e. The van der Waals surface area contributed by atoms with Gasteiger partial charge in [0.25, 0.3) is 5.91 Å². The van der Waals surface area contributed by atoms with E-state index in [0.29, 0.717) is 22.7 Å². The summed E-state index contributed by atoms with van der Waals surface area (Å²) in [5, 5.41) is 2.83. The number of hydrogen-bond donors (Lipinski definition) is 1. The Labute approximate surface area is 136 Å². The fraction of sp³-hybridized carbons (Fsp3) is 0.278. The number of rotatable bonds is 6. The van der Waals surface area contributed by atoms with Crippen LogP contribution in [0.5, 0.6) is 17.2 Å². The summed E-state index contributed by atoms with van der Waals surface area (Å²) >= 11 is 0. The maximum atomic E-state index is 12.4. The van der Waals surface area contributed by atoms with Gasteiger partial charge in [-0.15, -0.1) is 0 Å². The molecule has 0 aromatic heterocycles. The maximum absolute atomic E-state index is 12.4. The Balaban J connectivity index is 2.16. The average Bonchev–Trinajstić information content (AvgIpc) is 2.55. The molecular formula is C18H21NO4. The highest BCUT2D eigenvalue weighted by molar-refractivity contribution is 6.06. The van der Waals surface area contributed by atoms with Crippen LogP contribution in [0.1, 0.15) is 24.2 Å². The summed E-state index contributed by atoms with van der Waals surface area (Å²) in [6.07, 6.45) is 0.108. The van der Waals surface area contributed by atoms with Crippen molar-refractivity contribution in [1.82, 2.24) is 0 Å². The van der Waals surface area contributed by atoms with E-state index in [1.165, 1.54) is 14.2 Å². The predicted molar refractivity (Wildman–Crippen MR) is 89.7 cm³/mol. The Hall–Kier alpha value is -2.69. The molecule has 5 nitrogen and oxygen atoms in total. The molecule has 0 fully saturated rings. The van der Waals surface area contributed by atoms with Crippen LogP contribution in [-0.2, 0) is 0 Å². The molecule has 0 saturated heterocycles. The molecule has 0 heterocycles. The zero-order valence-corrected chi connectivity index (χ0v) is 13.8. The molecule has 0 aliphatic heterocycles. The van der Waals surface area contributed by atoms with Crippen molar-refractivity contribution < 1.29 is 19.0 Å². The number of nitrogens with one attached hydrogen (secondary N) is 1. The lowest BCUT2D eigenvalue weighted by molar-refractivity contribution is 0.102. The number of ether oxygens (including phenoxy) is 3. The molecule has 0 aliphatic carbocycles. The Morgan fingerprint density at radius 1 is 1.00 bits per heavy atom. The normalized spacial score (nSPS) is 10.3. The lowest BCUT2D eigenvalue weighted by atomic mass is 10.1. The first-order chi connectivity index (χ1) is 11.0. The molecule has 0 atom stereocenters. The van der Waals surface area contributed by atoms with E-state index in [4.69, 9.17) is 14.2 Å². The summed E-state index contributed by atoms with van der Waals surface area (Å²) in [4.78, 5) is 12.4. The van der Waals surface area contributed by atoms with Crippen molar-refractivity contribution in [3.63, 3.8) is 0 Å². The van der Waals surface area contributed by atoms with Crippen LogP contribution in [0.25, 0.3) is 0 Å². The molecule has 23 heavy (non-hydrogen) atoms. The molecule has 0 spiro atoms. The number of carbonyl (C=O) groups excluding carboxylic acids is 1. The minimum Gasteiger partial charge on any atom is -0.493 e. The Bertz CT molecular complexity index is 665. The van der Waals surface area contributed by atoms with Crippen LogP contribution in [0.2, 0.25) is 0 Å². The van der Waals surface area contributed by atoms with Crippen molar-refractivity contribution in [2.24, 2.45) is 0 Å². The van der Waals surface area contributed by atoms with E-state index in [0.717, 1.165) is 5.75 Å². The van der Waals surface area contributed by atoms with Crippen molar-refractivity contribution >= 4 is 11.6 Å². The van der Waals surface area contributed by atoms with Gasteiger partial charge in [-0.2, -0.15) is 0 Å². The van der Waals surface area contributed by atoms with Gasteiger partial charge in [-0.05, 0) is 50.2 Å². The second-order valence-corrected chi connectivity index (χ2v) is 5.19. The monoisotopic (exact) mass is 315 g/mol. The van der Waals surface area contributed by atoms with E-state index in [9.17, 15) is 4.79 Å². The highest BCUT2D eigenvalue weighted by Crippen LogP contribution is 2.31. The van der Waals surface area contributed by atoms with Crippen molar-refractivity contribution in [1.29, 1.82) is 0 Å². The van der Waals surface area contributed by atoms with Gasteiger partial charge in [0.1, 0.15) is 5.75 Å². The Morgan fingerprint density at radius 2 is 1.70 bits per heavy atom. The van der Waals surface area contributed by atoms with Crippen molar-refractivity contribution in [3.8, 4) is 17.2 Å². The van der Waals surface area contributed by atoms with Crippen LogP contribution in [0, 0.1) is 0 Å². The van der Waals surface area contributed by atoms with E-state index in [1.54, 1.807) is 30.3 Å². The third-order valence-electron chi connectivity index (χ3n) is 3.13. The molecule has 1 N–H and O–H groups in total. The minimum absolute atomic E-state index is 0.108. The fourth-order valence-corrected chi connectivity index (χ4v) is 2.15. The largest absolute Gasteiger partial charge is 0.493 e. The number of anilines is 1. The third-order valence-corrected chi connectivity index (χ3v) is 3.13. The molecule has 0 unspecified atom stereocenters. The van der Waals surface area contributed by atoms with Crippen LogP contribution in [0.3, 0.4) is 0 Å². The van der Waals surface area contributed by atoms with Gasteiger partial charge in [0.2, 0.25) is 0 Å². The minimum atomic E-state index is -0.265. The molecule has 2 aromatic carbocycles. The van der Waals surface area contributed by atoms with E-state index < -0.39 is 0 Å². The smallest absolute Gasteiger partial charge is 0.259 e. The highest BCUT2D eigenvalue weighted by Gasteiger charge is 2.16. The van der Waals surface area contributed by atoms with Crippen LogP contribution < -0.4 is 19.5 Å². The molecule has 2 aromatic rings. The molecule has 5 heteroatoms. The quantitative estimate of drug-likeness (QED) is 0.882. The predicted octanol–water partition coefficient (Wildman–Crippen LogP) is 3.74. The summed E-state index contributed by atoms with van der Waals surface area (Å²) in [7, 11) is 3.04. The van der Waals surface area contributed by atoms with E-state index in [1.807, 2.05) is 26.0 Å². The van der Waals surface area contributed by atoms with Crippen molar-refractivity contribution in [3.05, 3.63) is 48.0 Å². The molecule has 2 rings (SSSR count). The second kappa shape index (κ2) is 7.54. The summed E-state index contributed by atoms with van der Waals surface area (Å²) in [6, 6.07) is 12.4. The van der Waals surface area contributed by atoms with Gasteiger partial charge in [-0.25, -0.2) is 0 Å². The Kier molecular flexibility index (Phi) is 5.46. The first kappa shape index (κ1) is 16.7. The molecular weight excluding hydrogens is 294 g/mol. The lowest BCUT2D eigenvalue weighted by Gasteiger charge is -2.13. The number of benzene rings is 2. The summed E-state index contributed by atoms with van der Waals surface area (Å²) in [6.45, 7) is 3.93. The third kappa shape index (κ3) is 4.16. The van der Waals surface area contributed by atoms with Gasteiger partial charge in [0.15, 0.2) is 11.5 Å². The van der Waals surface area contributed by atoms with Gasteiger partial charge in [0.05, 0.1) is 25.9 Å². The lowest BCUT2D eigenvalue weighted by Crippen LogP contribution is -2.13. The number of carbonyl (C=O) groups is 1. The molecule has 0 bridgehead atoms. The topological polar surface area (TPSA) is 56.8 Å². The summed E-state index contributed by atoms with van der Waals surface area (Å²) < 4.78 is 16.1. The average molecular weight is 315 g/mol. The first-order valence-electron chi connectivity index (χ1n) is 7.34. The molecule has 0 aliphatic rings. The molecule has 0 radical (unpaired) electrons. The fourth-order valence-electron chi connectivity index (χ4n) is 2.15. The van der Waals surface area contributed by atoms with Gasteiger partial charge in [-0.1, -0.05) is 6.07 Å². The number of methoxy groups -OCH3 is 2. The standard InChI is InChI=1S/C18H21NO4/c1-12(2)23-14-10-8-13(9-11-14)19-18(20)15-6-5-7-16(21-3)17(15)22-4/h5-12H,1-4H3,(H,19,20). The van der Waals surface area contributed by atoms with Crippen LogP contribution in [0.15, 0.2) is 42.5 Å². The van der Waals surface area contributed by atoms with Gasteiger partial charge < -0.3 is 19.5 Å². The van der Waals surface area contributed by atoms with E-state index in [2.05, 4.69) is 5.32 Å². The Morgan fingerprint density at radius 3 is 2.26 bits per heavy atom. The van der Waals surface area contributed by atoms with Gasteiger partial charge >= 0.3 is 0 Å². The zero-order chi connectivity index (χ0) is 16.8. The number of hydrogen-bond acceptors (Lipinski definition) is 4. The molecule has 0 saturated carbocycles. The molecule has 1 amide bonds. The van der Waals surface area contributed by atoms with Crippen LogP contribution >= 0.6 is 0 Å². The van der Waals surface area contributed by atoms with Crippen LogP contribution in [0.4, 0.5) is 5.69 Å². The molecule has 122 valence electrons. The second-order valence-electron chi connectivity index (χ2n) is 5.19. The van der Waals surface area contributed by atoms with Gasteiger partial charge in [-0.3, -0.25) is 4.79 Å². The highest BCUT2D eigenvalue weighted by atomic mass is 16.5. The zero-order valence-electron chi connectivity index (χ0n) is 13.8. The summed E-state index contributed by atoms with van der Waals surface area (Å²) in [5.41, 5.74) is 1.09. The number of amides is 1. The van der Waals surface area contributed by atoms with E-state index >= 15 is 0 Å². The number of para-hydroxylation sites is 1. The van der Waals surface area contributed by atoms with Crippen molar-refractivity contribution in [2.75, 3.05) is 19.5 Å². The van der Waals surface area contributed by atoms with Crippen molar-refractivity contribution in [2.45, 2.75) is 20.0 Å².